The van der Waals surface area contributed by atoms with E-state index in [0.717, 1.165) is 68.6 Å². The van der Waals surface area contributed by atoms with Gasteiger partial charge >= 0.3 is 6.03 Å². The Morgan fingerprint density at radius 2 is 1.58 bits per heavy atom. The SMILES string of the molecule is CC(C)(O)c1cnnn1[C@H]1C[C@@H](C(=O)NC(CCCCNC(=O)NC2CCCCC2)C(=O)C(N)=O)N(C(=O)[C@@H](CC2CCCCC2)NC(=O)c2ccc3ccccc3c2)C1. The number of amides is 6. The summed E-state index contributed by atoms with van der Waals surface area (Å²) >= 11 is 0. The Labute approximate surface area is 351 Å². The summed E-state index contributed by atoms with van der Waals surface area (Å²) in [5, 5.41) is 32.7. The van der Waals surface area contributed by atoms with Crippen molar-refractivity contribution in [3.63, 3.8) is 0 Å². The standard InChI is InChI=1S/C44H61N9O7/c1-44(2,60)37-26-47-51-53(37)33-25-36(41(57)49-34(38(54)39(45)55)19-11-12-22-46-43(59)48-32-17-7-4-8-18-32)52(27-33)42(58)35(23-28-13-5-3-6-14-28)50-40(56)31-21-20-29-15-9-10-16-30(29)24-31/h9-10,15-16,20-21,24,26,28,32-36,60H,3-8,11-14,17-19,22-23,25,27H2,1-2H3,(H2,45,55)(H,49,57)(H,50,56)(H2,46,48,59)/t33-,34?,35+,36-/m0/s1. The van der Waals surface area contributed by atoms with Gasteiger partial charge in [0, 0.05) is 31.1 Å². The number of likely N-dealkylation sites (tertiary alicyclic amines) is 1. The molecule has 2 aliphatic carbocycles. The zero-order valence-electron chi connectivity index (χ0n) is 34.9. The van der Waals surface area contributed by atoms with Crippen molar-refractivity contribution < 1.29 is 33.9 Å². The van der Waals surface area contributed by atoms with Gasteiger partial charge in [-0.2, -0.15) is 0 Å². The summed E-state index contributed by atoms with van der Waals surface area (Å²) < 4.78 is 1.51. The zero-order valence-corrected chi connectivity index (χ0v) is 34.9. The second-order valence-corrected chi connectivity index (χ2v) is 17.4. The first kappa shape index (κ1) is 44.2. The van der Waals surface area contributed by atoms with Crippen LogP contribution in [0.25, 0.3) is 10.8 Å². The van der Waals surface area contributed by atoms with Crippen LogP contribution in [0.15, 0.2) is 48.7 Å². The van der Waals surface area contributed by atoms with E-state index in [2.05, 4.69) is 31.6 Å². The molecule has 3 aromatic rings. The van der Waals surface area contributed by atoms with Crippen molar-refractivity contribution >= 4 is 46.2 Å². The number of fused-ring (bicyclic) bond motifs is 1. The number of ketones is 1. The van der Waals surface area contributed by atoms with E-state index in [-0.39, 0.29) is 37.4 Å². The van der Waals surface area contributed by atoms with Gasteiger partial charge in [-0.25, -0.2) is 9.48 Å². The molecule has 4 atom stereocenters. The molecule has 324 valence electrons. The third kappa shape index (κ3) is 11.5. The summed E-state index contributed by atoms with van der Waals surface area (Å²) in [6, 6.07) is 8.98. The van der Waals surface area contributed by atoms with Crippen molar-refractivity contribution in [2.75, 3.05) is 13.1 Å². The summed E-state index contributed by atoms with van der Waals surface area (Å²) in [5.41, 5.74) is 4.88. The molecule has 6 amide bonds. The van der Waals surface area contributed by atoms with Crippen molar-refractivity contribution in [2.24, 2.45) is 11.7 Å². The van der Waals surface area contributed by atoms with Crippen LogP contribution in [0.3, 0.4) is 0 Å². The number of aromatic nitrogens is 3. The van der Waals surface area contributed by atoms with Gasteiger partial charge in [-0.15, -0.1) is 5.10 Å². The number of nitrogens with one attached hydrogen (secondary N) is 4. The van der Waals surface area contributed by atoms with Gasteiger partial charge in [0.1, 0.15) is 17.7 Å². The summed E-state index contributed by atoms with van der Waals surface area (Å²) in [5.74, 6) is -3.55. The summed E-state index contributed by atoms with van der Waals surface area (Å²) in [4.78, 5) is 82.4. The minimum absolute atomic E-state index is 0.000600. The lowest BCUT2D eigenvalue weighted by Gasteiger charge is -2.32. The molecular formula is C44H61N9O7. The highest BCUT2D eigenvalue weighted by Crippen LogP contribution is 2.34. The number of unbranched alkanes of at least 4 members (excludes halogenated alkanes) is 1. The molecule has 2 saturated carbocycles. The van der Waals surface area contributed by atoms with Crippen LogP contribution >= 0.6 is 0 Å². The zero-order chi connectivity index (χ0) is 42.8. The first-order valence-electron chi connectivity index (χ1n) is 21.7. The summed E-state index contributed by atoms with van der Waals surface area (Å²) in [6.45, 7) is 3.50. The number of hydrogen-bond acceptors (Lipinski definition) is 9. The van der Waals surface area contributed by atoms with Crippen molar-refractivity contribution in [3.8, 4) is 0 Å². The minimum Gasteiger partial charge on any atom is -0.384 e. The van der Waals surface area contributed by atoms with E-state index in [1.54, 1.807) is 26.0 Å². The molecule has 2 aromatic carbocycles. The quantitative estimate of drug-likeness (QED) is 0.0855. The normalized spacial score (nSPS) is 19.9. The van der Waals surface area contributed by atoms with Crippen LogP contribution in [0, 0.1) is 5.92 Å². The number of carbonyl (C=O) groups is 6. The molecule has 1 saturated heterocycles. The largest absolute Gasteiger partial charge is 0.384 e. The molecule has 6 rings (SSSR count). The van der Waals surface area contributed by atoms with Crippen LogP contribution in [0.1, 0.15) is 132 Å². The van der Waals surface area contributed by atoms with Gasteiger partial charge in [0.15, 0.2) is 0 Å². The summed E-state index contributed by atoms with van der Waals surface area (Å²) in [6.07, 6.45) is 13.0. The molecule has 0 spiro atoms. The van der Waals surface area contributed by atoms with Gasteiger partial charge in [-0.1, -0.05) is 86.9 Å². The Bertz CT molecular complexity index is 2000. The average molecular weight is 828 g/mol. The van der Waals surface area contributed by atoms with Crippen molar-refractivity contribution in [1.82, 2.24) is 41.2 Å². The lowest BCUT2D eigenvalue weighted by atomic mass is 9.84. The highest BCUT2D eigenvalue weighted by molar-refractivity contribution is 6.37. The minimum atomic E-state index is -1.35. The van der Waals surface area contributed by atoms with E-state index in [0.29, 0.717) is 37.1 Å². The van der Waals surface area contributed by atoms with Gasteiger partial charge in [0.05, 0.1) is 24.0 Å². The highest BCUT2D eigenvalue weighted by Gasteiger charge is 2.45. The van der Waals surface area contributed by atoms with Crippen molar-refractivity contribution in [2.45, 2.75) is 146 Å². The molecule has 16 nitrogen and oxygen atoms in total. The first-order chi connectivity index (χ1) is 28.8. The van der Waals surface area contributed by atoms with Gasteiger partial charge in [0.25, 0.3) is 11.8 Å². The molecule has 1 aromatic heterocycles. The van der Waals surface area contributed by atoms with E-state index < -0.39 is 59.2 Å². The Balaban J connectivity index is 1.20. The number of rotatable bonds is 17. The summed E-state index contributed by atoms with van der Waals surface area (Å²) in [7, 11) is 0. The number of nitrogens with two attached hydrogens (primary N) is 1. The van der Waals surface area contributed by atoms with E-state index in [4.69, 9.17) is 5.73 Å². The number of primary amides is 1. The topological polar surface area (TPSA) is 231 Å². The number of urea groups is 1. The van der Waals surface area contributed by atoms with Gasteiger partial charge in [-0.3, -0.25) is 24.0 Å². The maximum absolute atomic E-state index is 14.9. The van der Waals surface area contributed by atoms with Crippen LogP contribution < -0.4 is 27.0 Å². The maximum atomic E-state index is 14.9. The Kier molecular flexibility index (Phi) is 14.9. The van der Waals surface area contributed by atoms with Gasteiger partial charge in [-0.05, 0) is 81.2 Å². The molecule has 1 unspecified atom stereocenters. The van der Waals surface area contributed by atoms with Crippen molar-refractivity contribution in [3.05, 3.63) is 59.9 Å². The molecule has 3 fully saturated rings. The average Bonchev–Trinajstić information content (AvgIpc) is 3.92. The molecule has 2 heterocycles. The number of benzene rings is 2. The third-order valence-electron chi connectivity index (χ3n) is 12.3. The van der Waals surface area contributed by atoms with Crippen LogP contribution in [-0.2, 0) is 24.8 Å². The maximum Gasteiger partial charge on any atom is 0.315 e. The molecule has 60 heavy (non-hydrogen) atoms. The van der Waals surface area contributed by atoms with Crippen LogP contribution in [0.4, 0.5) is 4.79 Å². The van der Waals surface area contributed by atoms with Crippen LogP contribution in [-0.4, -0.2) is 97.7 Å². The number of Topliss-reactive ketones (excluding diaryl/α,β-unsaturated/α-hetero) is 1. The lowest BCUT2D eigenvalue weighted by molar-refractivity contribution is -0.142. The molecule has 0 bridgehead atoms. The molecule has 1 aliphatic heterocycles. The molecule has 16 heteroatoms. The molecule has 7 N–H and O–H groups in total. The smallest absolute Gasteiger partial charge is 0.315 e. The third-order valence-corrected chi connectivity index (χ3v) is 12.3. The second-order valence-electron chi connectivity index (χ2n) is 17.4. The predicted octanol–water partition coefficient (Wildman–Crippen LogP) is 3.91. The fourth-order valence-corrected chi connectivity index (χ4v) is 9.05. The Hall–Kier alpha value is -5.38. The number of hydrogen-bond donors (Lipinski definition) is 6. The van der Waals surface area contributed by atoms with E-state index in [1.807, 2.05) is 30.3 Å². The van der Waals surface area contributed by atoms with E-state index in [9.17, 15) is 33.9 Å². The number of nitrogens with zero attached hydrogens (tertiary/aromatic N) is 4. The lowest BCUT2D eigenvalue weighted by Crippen LogP contribution is -2.56. The van der Waals surface area contributed by atoms with E-state index >= 15 is 0 Å². The number of aliphatic hydroxyl groups is 1. The monoisotopic (exact) mass is 827 g/mol. The number of carbonyl (C=O) groups excluding carboxylic acids is 6. The Morgan fingerprint density at radius 3 is 2.28 bits per heavy atom. The molecular weight excluding hydrogens is 767 g/mol. The van der Waals surface area contributed by atoms with Gasteiger partial charge < -0.3 is 37.0 Å². The highest BCUT2D eigenvalue weighted by atomic mass is 16.3. The molecule has 0 radical (unpaired) electrons. The van der Waals surface area contributed by atoms with Crippen molar-refractivity contribution in [1.29, 1.82) is 0 Å². The second kappa shape index (κ2) is 20.3. The molecule has 3 aliphatic rings. The Morgan fingerprint density at radius 1 is 0.883 bits per heavy atom. The van der Waals surface area contributed by atoms with E-state index in [1.165, 1.54) is 22.2 Å². The van der Waals surface area contributed by atoms with Crippen LogP contribution in [0.5, 0.6) is 0 Å². The first-order valence-corrected chi connectivity index (χ1v) is 21.7. The van der Waals surface area contributed by atoms with Gasteiger partial charge in [0.2, 0.25) is 17.6 Å². The fraction of sp³-hybridized carbons (Fsp3) is 0.591. The predicted molar refractivity (Wildman–Crippen MR) is 224 cm³/mol. The van der Waals surface area contributed by atoms with Crippen LogP contribution in [0.2, 0.25) is 0 Å². The fourth-order valence-electron chi connectivity index (χ4n) is 9.05.